The van der Waals surface area contributed by atoms with Crippen LogP contribution in [0.25, 0.3) is 0 Å². The van der Waals surface area contributed by atoms with Crippen LogP contribution in [-0.2, 0) is 9.59 Å². The van der Waals surface area contributed by atoms with Gasteiger partial charge >= 0.3 is 0 Å². The zero-order valence-corrected chi connectivity index (χ0v) is 17.4. The summed E-state index contributed by atoms with van der Waals surface area (Å²) in [7, 11) is 1.63. The molecule has 1 amide bonds. The van der Waals surface area contributed by atoms with E-state index in [1.54, 1.807) is 20.9 Å². The molecule has 0 fully saturated rings. The molecule has 2 N–H and O–H groups in total. The number of ketones is 1. The summed E-state index contributed by atoms with van der Waals surface area (Å²) in [6.45, 7) is 7.11. The van der Waals surface area contributed by atoms with Crippen LogP contribution >= 0.6 is 11.6 Å². The molecule has 0 spiro atoms. The highest BCUT2D eigenvalue weighted by atomic mass is 35.5. The summed E-state index contributed by atoms with van der Waals surface area (Å²) in [5.41, 5.74) is 3.66. The highest BCUT2D eigenvalue weighted by molar-refractivity contribution is 6.36. The van der Waals surface area contributed by atoms with Gasteiger partial charge in [-0.1, -0.05) is 25.4 Å². The van der Waals surface area contributed by atoms with Crippen molar-refractivity contribution in [2.75, 3.05) is 12.4 Å². The number of hydrazine groups is 1. The maximum absolute atomic E-state index is 13.0. The second-order valence-electron chi connectivity index (χ2n) is 6.93. The predicted molar refractivity (Wildman–Crippen MR) is 108 cm³/mol. The minimum absolute atomic E-state index is 0.0416. The van der Waals surface area contributed by atoms with Crippen LogP contribution < -0.4 is 10.7 Å². The number of halogens is 1. The SMILES string of the molecule is CCCC(=O)C1(CC)NN(C)C(C(=O)Nc2c(C)cc([N+](=O)[O-])cc2C)=C1Cl. The van der Waals surface area contributed by atoms with E-state index in [4.69, 9.17) is 11.6 Å². The molecule has 1 aromatic rings. The van der Waals surface area contributed by atoms with Gasteiger partial charge in [0.15, 0.2) is 5.78 Å². The van der Waals surface area contributed by atoms with Gasteiger partial charge in [-0.05, 0) is 37.8 Å². The van der Waals surface area contributed by atoms with Gasteiger partial charge in [-0.3, -0.25) is 19.7 Å². The van der Waals surface area contributed by atoms with E-state index >= 15 is 0 Å². The van der Waals surface area contributed by atoms with Crippen LogP contribution in [-0.4, -0.2) is 34.2 Å². The fourth-order valence-corrected chi connectivity index (χ4v) is 3.96. The standard InChI is InChI=1S/C19H25ClN4O4/c1-6-8-14(25)19(7-2)17(20)16(23(5)22-19)18(26)21-15-11(3)9-13(24(27)28)10-12(15)4/h9-10,22H,6-8H2,1-5H3,(H,21,26). The van der Waals surface area contributed by atoms with Gasteiger partial charge in [0, 0.05) is 31.3 Å². The molecule has 0 saturated carbocycles. The topological polar surface area (TPSA) is 105 Å². The van der Waals surface area contributed by atoms with Crippen molar-refractivity contribution in [2.24, 2.45) is 0 Å². The van der Waals surface area contributed by atoms with E-state index in [1.807, 2.05) is 13.8 Å². The lowest BCUT2D eigenvalue weighted by Crippen LogP contribution is -2.52. The number of nitro groups is 1. The number of nitrogens with one attached hydrogen (secondary N) is 2. The Morgan fingerprint density at radius 1 is 1.29 bits per heavy atom. The van der Waals surface area contributed by atoms with E-state index in [-0.39, 0.29) is 22.2 Å². The Bertz CT molecular complexity index is 844. The first kappa shape index (κ1) is 21.8. The molecule has 1 unspecified atom stereocenters. The number of likely N-dealkylation sites (N-methyl/N-ethyl adjacent to an activating group) is 1. The van der Waals surface area contributed by atoms with Crippen molar-refractivity contribution in [3.05, 3.63) is 44.1 Å². The van der Waals surface area contributed by atoms with Crippen molar-refractivity contribution in [1.29, 1.82) is 0 Å². The molecule has 0 bridgehead atoms. The molecule has 1 atom stereocenters. The molecule has 1 heterocycles. The lowest BCUT2D eigenvalue weighted by atomic mass is 9.88. The van der Waals surface area contributed by atoms with E-state index in [9.17, 15) is 19.7 Å². The van der Waals surface area contributed by atoms with Gasteiger partial charge in [-0.2, -0.15) is 0 Å². The Kier molecular flexibility index (Phi) is 6.46. The van der Waals surface area contributed by atoms with Crippen LogP contribution in [0.3, 0.4) is 0 Å². The maximum Gasteiger partial charge on any atom is 0.274 e. The summed E-state index contributed by atoms with van der Waals surface area (Å²) in [5, 5.41) is 15.4. The Labute approximate surface area is 169 Å². The Morgan fingerprint density at radius 2 is 1.86 bits per heavy atom. The summed E-state index contributed by atoms with van der Waals surface area (Å²) in [6.07, 6.45) is 1.43. The first-order valence-electron chi connectivity index (χ1n) is 9.11. The van der Waals surface area contributed by atoms with Crippen molar-refractivity contribution in [2.45, 2.75) is 52.5 Å². The van der Waals surface area contributed by atoms with Crippen LogP contribution in [0.2, 0.25) is 0 Å². The van der Waals surface area contributed by atoms with Gasteiger partial charge in [0.05, 0.1) is 9.96 Å². The number of amides is 1. The number of rotatable bonds is 7. The zero-order chi connectivity index (χ0) is 21.2. The third-order valence-corrected chi connectivity index (χ3v) is 5.44. The third-order valence-electron chi connectivity index (χ3n) is 4.94. The van der Waals surface area contributed by atoms with Crippen molar-refractivity contribution >= 4 is 34.7 Å². The molecule has 0 aromatic heterocycles. The number of carbonyl (C=O) groups is 2. The molecular weight excluding hydrogens is 384 g/mol. The van der Waals surface area contributed by atoms with E-state index in [0.29, 0.717) is 36.1 Å². The summed E-state index contributed by atoms with van der Waals surface area (Å²) in [5.74, 6) is -0.556. The van der Waals surface area contributed by atoms with Gasteiger partial charge in [0.1, 0.15) is 11.2 Å². The second kappa shape index (κ2) is 8.28. The van der Waals surface area contributed by atoms with E-state index in [1.165, 1.54) is 17.1 Å². The first-order valence-corrected chi connectivity index (χ1v) is 9.48. The molecule has 8 nitrogen and oxygen atoms in total. The quantitative estimate of drug-likeness (QED) is 0.528. The van der Waals surface area contributed by atoms with Crippen LogP contribution in [0.4, 0.5) is 11.4 Å². The van der Waals surface area contributed by atoms with Gasteiger partial charge in [0.2, 0.25) is 0 Å². The van der Waals surface area contributed by atoms with Crippen LogP contribution in [0, 0.1) is 24.0 Å². The largest absolute Gasteiger partial charge is 0.320 e. The minimum atomic E-state index is -1.11. The highest BCUT2D eigenvalue weighted by Crippen LogP contribution is 2.37. The smallest absolute Gasteiger partial charge is 0.274 e. The number of anilines is 1. The number of nitrogens with zero attached hydrogens (tertiary/aromatic N) is 2. The van der Waals surface area contributed by atoms with Crippen molar-refractivity contribution < 1.29 is 14.5 Å². The number of benzene rings is 1. The Hall–Kier alpha value is -2.45. The molecule has 28 heavy (non-hydrogen) atoms. The fraction of sp³-hybridized carbons (Fsp3) is 0.474. The van der Waals surface area contributed by atoms with Crippen LogP contribution in [0.15, 0.2) is 22.9 Å². The molecule has 0 radical (unpaired) electrons. The monoisotopic (exact) mass is 408 g/mol. The molecular formula is C19H25ClN4O4. The number of nitro benzene ring substituents is 1. The number of carbonyl (C=O) groups excluding carboxylic acids is 2. The fourth-order valence-electron chi connectivity index (χ4n) is 3.47. The zero-order valence-electron chi connectivity index (χ0n) is 16.7. The molecule has 1 aliphatic heterocycles. The second-order valence-corrected chi connectivity index (χ2v) is 7.31. The summed E-state index contributed by atoms with van der Waals surface area (Å²) in [4.78, 5) is 36.2. The number of aryl methyl sites for hydroxylation is 2. The molecule has 152 valence electrons. The van der Waals surface area contributed by atoms with Crippen molar-refractivity contribution in [3.63, 3.8) is 0 Å². The van der Waals surface area contributed by atoms with E-state index in [2.05, 4.69) is 10.7 Å². The van der Waals surface area contributed by atoms with Crippen LogP contribution in [0.5, 0.6) is 0 Å². The lowest BCUT2D eigenvalue weighted by Gasteiger charge is -2.28. The third kappa shape index (κ3) is 3.74. The van der Waals surface area contributed by atoms with Crippen molar-refractivity contribution in [3.8, 4) is 0 Å². The van der Waals surface area contributed by atoms with Gasteiger partial charge in [-0.15, -0.1) is 0 Å². The predicted octanol–water partition coefficient (Wildman–Crippen LogP) is 3.57. The molecule has 0 aliphatic carbocycles. The number of hydrogen-bond donors (Lipinski definition) is 2. The molecule has 1 aromatic carbocycles. The van der Waals surface area contributed by atoms with E-state index in [0.717, 1.165) is 0 Å². The maximum atomic E-state index is 13.0. The summed E-state index contributed by atoms with van der Waals surface area (Å²) in [6, 6.07) is 2.80. The first-order chi connectivity index (χ1) is 13.1. The van der Waals surface area contributed by atoms with Gasteiger partial charge < -0.3 is 10.3 Å². The number of hydrogen-bond acceptors (Lipinski definition) is 6. The number of Topliss-reactive ketones (excluding diaryl/α,β-unsaturated/α-hetero) is 1. The molecule has 0 saturated heterocycles. The van der Waals surface area contributed by atoms with Gasteiger partial charge in [-0.25, -0.2) is 5.43 Å². The minimum Gasteiger partial charge on any atom is -0.320 e. The Balaban J connectivity index is 2.41. The average molecular weight is 409 g/mol. The molecule has 2 rings (SSSR count). The Morgan fingerprint density at radius 3 is 2.32 bits per heavy atom. The van der Waals surface area contributed by atoms with Crippen LogP contribution in [0.1, 0.15) is 44.2 Å². The molecule has 9 heteroatoms. The summed E-state index contributed by atoms with van der Waals surface area (Å²) < 4.78 is 0. The van der Waals surface area contributed by atoms with Crippen molar-refractivity contribution in [1.82, 2.24) is 10.4 Å². The van der Waals surface area contributed by atoms with E-state index < -0.39 is 16.4 Å². The average Bonchev–Trinajstić information content (AvgIpc) is 2.89. The van der Waals surface area contributed by atoms with Gasteiger partial charge in [0.25, 0.3) is 11.6 Å². The molecule has 1 aliphatic rings. The highest BCUT2D eigenvalue weighted by Gasteiger charge is 2.48. The number of non-ortho nitro benzene ring substituents is 1. The lowest BCUT2D eigenvalue weighted by molar-refractivity contribution is -0.384. The normalized spacial score (nSPS) is 19.1. The summed E-state index contributed by atoms with van der Waals surface area (Å²) >= 11 is 6.54.